The molecule has 0 spiro atoms. The van der Waals surface area contributed by atoms with Crippen LogP contribution >= 0.6 is 11.3 Å². The number of thiazole rings is 1. The number of hydrogen-bond acceptors (Lipinski definition) is 6. The van der Waals surface area contributed by atoms with Crippen molar-refractivity contribution in [3.8, 4) is 16.3 Å². The predicted molar refractivity (Wildman–Crippen MR) is 140 cm³/mol. The topological polar surface area (TPSA) is 90.5 Å². The highest BCUT2D eigenvalue weighted by molar-refractivity contribution is 7.13. The van der Waals surface area contributed by atoms with Crippen LogP contribution in [0.25, 0.3) is 27.3 Å². The molecular weight excluding hydrogens is 470 g/mol. The van der Waals surface area contributed by atoms with Crippen molar-refractivity contribution in [2.45, 2.75) is 13.0 Å². The Morgan fingerprint density at radius 1 is 0.944 bits per heavy atom. The molecule has 0 radical (unpaired) electrons. The van der Waals surface area contributed by atoms with Crippen molar-refractivity contribution >= 4 is 34.2 Å². The molecule has 6 rings (SSSR count). The molecule has 0 aliphatic rings. The minimum atomic E-state index is -0.303. The van der Waals surface area contributed by atoms with Gasteiger partial charge in [-0.25, -0.2) is 14.6 Å². The first kappa shape index (κ1) is 21.9. The Balaban J connectivity index is 1.23. The zero-order valence-electron chi connectivity index (χ0n) is 19.2. The number of aromatic nitrogens is 6. The SMILES string of the molecule is O=C(Nc1nc2ccccc2n1CCc1ccccn1)c1csc(-c2cnn(-c3ccccc3)c2)n1. The average Bonchev–Trinajstić information content (AvgIpc) is 3.67. The van der Waals surface area contributed by atoms with Gasteiger partial charge in [-0.2, -0.15) is 5.10 Å². The van der Waals surface area contributed by atoms with E-state index in [2.05, 4.69) is 25.4 Å². The molecule has 2 aromatic carbocycles. The number of anilines is 1. The van der Waals surface area contributed by atoms with Gasteiger partial charge in [-0.05, 0) is 36.4 Å². The average molecular weight is 492 g/mol. The first-order valence-electron chi connectivity index (χ1n) is 11.5. The zero-order valence-corrected chi connectivity index (χ0v) is 20.0. The lowest BCUT2D eigenvalue weighted by Crippen LogP contribution is -2.17. The number of para-hydroxylation sites is 3. The molecule has 8 nitrogen and oxygen atoms in total. The molecule has 0 saturated heterocycles. The molecule has 0 aliphatic heterocycles. The van der Waals surface area contributed by atoms with Gasteiger partial charge in [-0.15, -0.1) is 11.3 Å². The monoisotopic (exact) mass is 491 g/mol. The fraction of sp³-hybridized carbons (Fsp3) is 0.0741. The van der Waals surface area contributed by atoms with Crippen LogP contribution in [0.1, 0.15) is 16.2 Å². The predicted octanol–water partition coefficient (Wildman–Crippen LogP) is 5.24. The van der Waals surface area contributed by atoms with E-state index in [0.717, 1.165) is 39.4 Å². The van der Waals surface area contributed by atoms with Gasteiger partial charge in [-0.3, -0.25) is 15.1 Å². The van der Waals surface area contributed by atoms with Crippen LogP contribution < -0.4 is 5.32 Å². The Morgan fingerprint density at radius 3 is 2.64 bits per heavy atom. The van der Waals surface area contributed by atoms with Gasteiger partial charge in [0.15, 0.2) is 0 Å². The molecule has 176 valence electrons. The molecule has 4 aromatic heterocycles. The number of aryl methyl sites for hydroxylation is 2. The minimum absolute atomic E-state index is 0.303. The van der Waals surface area contributed by atoms with Crippen molar-refractivity contribution in [2.24, 2.45) is 0 Å². The Kier molecular flexibility index (Phi) is 5.80. The second kappa shape index (κ2) is 9.55. The number of carbonyl (C=O) groups excluding carboxylic acids is 1. The van der Waals surface area contributed by atoms with E-state index in [1.165, 1.54) is 11.3 Å². The Labute approximate surface area is 210 Å². The van der Waals surface area contributed by atoms with E-state index in [4.69, 9.17) is 0 Å². The van der Waals surface area contributed by atoms with E-state index >= 15 is 0 Å². The molecule has 0 saturated carbocycles. The third-order valence-electron chi connectivity index (χ3n) is 5.78. The van der Waals surface area contributed by atoms with Gasteiger partial charge in [0.25, 0.3) is 5.91 Å². The largest absolute Gasteiger partial charge is 0.310 e. The molecule has 0 aliphatic carbocycles. The number of carbonyl (C=O) groups is 1. The lowest BCUT2D eigenvalue weighted by atomic mass is 10.2. The van der Waals surface area contributed by atoms with Crippen molar-refractivity contribution in [3.05, 3.63) is 108 Å². The van der Waals surface area contributed by atoms with Crippen molar-refractivity contribution in [3.63, 3.8) is 0 Å². The highest BCUT2D eigenvalue weighted by Crippen LogP contribution is 2.25. The standard InChI is InChI=1S/C27H21N7OS/c35-25(23-18-36-26(30-23)19-16-29-34(17-19)21-9-2-1-3-10-21)32-27-31-22-11-4-5-12-24(22)33(27)15-13-20-8-6-7-14-28-20/h1-12,14,16-18H,13,15H2,(H,31,32,35). The van der Waals surface area contributed by atoms with Crippen molar-refractivity contribution in [1.29, 1.82) is 0 Å². The summed E-state index contributed by atoms with van der Waals surface area (Å²) in [6, 6.07) is 23.6. The van der Waals surface area contributed by atoms with Crippen molar-refractivity contribution in [1.82, 2.24) is 29.3 Å². The Bertz CT molecular complexity index is 1640. The van der Waals surface area contributed by atoms with Crippen LogP contribution in [-0.2, 0) is 13.0 Å². The summed E-state index contributed by atoms with van der Waals surface area (Å²) < 4.78 is 3.81. The van der Waals surface area contributed by atoms with Gasteiger partial charge in [-0.1, -0.05) is 36.4 Å². The number of pyridine rings is 1. The normalized spacial score (nSPS) is 11.1. The second-order valence-corrected chi connectivity index (χ2v) is 9.01. The van der Waals surface area contributed by atoms with E-state index in [1.807, 2.05) is 83.6 Å². The molecule has 0 atom stereocenters. The van der Waals surface area contributed by atoms with E-state index in [9.17, 15) is 4.79 Å². The van der Waals surface area contributed by atoms with Crippen LogP contribution in [0.3, 0.4) is 0 Å². The maximum Gasteiger partial charge on any atom is 0.277 e. The second-order valence-electron chi connectivity index (χ2n) is 8.15. The maximum atomic E-state index is 13.1. The van der Waals surface area contributed by atoms with Gasteiger partial charge in [0.05, 0.1) is 22.9 Å². The van der Waals surface area contributed by atoms with Gasteiger partial charge < -0.3 is 4.57 Å². The van der Waals surface area contributed by atoms with Gasteiger partial charge in [0.2, 0.25) is 5.95 Å². The number of imidazole rings is 1. The molecular formula is C27H21N7OS. The molecule has 36 heavy (non-hydrogen) atoms. The van der Waals surface area contributed by atoms with Gasteiger partial charge in [0, 0.05) is 42.0 Å². The first-order chi connectivity index (χ1) is 17.7. The number of nitrogens with zero attached hydrogens (tertiary/aromatic N) is 6. The minimum Gasteiger partial charge on any atom is -0.310 e. The molecule has 0 unspecified atom stereocenters. The van der Waals surface area contributed by atoms with Crippen LogP contribution in [-0.4, -0.2) is 35.2 Å². The molecule has 1 amide bonds. The molecule has 1 N–H and O–H groups in total. The van der Waals surface area contributed by atoms with Crippen LogP contribution in [0.5, 0.6) is 0 Å². The summed E-state index contributed by atoms with van der Waals surface area (Å²) in [5, 5.41) is 9.88. The number of benzene rings is 2. The van der Waals surface area contributed by atoms with E-state index in [1.54, 1.807) is 22.5 Å². The van der Waals surface area contributed by atoms with Crippen LogP contribution in [0.2, 0.25) is 0 Å². The van der Waals surface area contributed by atoms with Crippen LogP contribution in [0, 0.1) is 0 Å². The lowest BCUT2D eigenvalue weighted by Gasteiger charge is -2.09. The summed E-state index contributed by atoms with van der Waals surface area (Å²) in [6.45, 7) is 0.633. The lowest BCUT2D eigenvalue weighted by molar-refractivity contribution is 0.102. The molecule has 0 bridgehead atoms. The summed E-state index contributed by atoms with van der Waals surface area (Å²) in [7, 11) is 0. The number of rotatable bonds is 7. The first-order valence-corrected chi connectivity index (χ1v) is 12.3. The third kappa shape index (κ3) is 4.39. The van der Waals surface area contributed by atoms with Crippen LogP contribution in [0.4, 0.5) is 5.95 Å². The van der Waals surface area contributed by atoms with Gasteiger partial charge in [0.1, 0.15) is 10.7 Å². The molecule has 9 heteroatoms. The van der Waals surface area contributed by atoms with Crippen LogP contribution in [0.15, 0.2) is 96.8 Å². The van der Waals surface area contributed by atoms with E-state index < -0.39 is 0 Å². The summed E-state index contributed by atoms with van der Waals surface area (Å²) in [5.41, 5.74) is 4.91. The Hall–Kier alpha value is -4.63. The van der Waals surface area contributed by atoms with Gasteiger partial charge >= 0.3 is 0 Å². The third-order valence-corrected chi connectivity index (χ3v) is 6.68. The maximum absolute atomic E-state index is 13.1. The van der Waals surface area contributed by atoms with E-state index in [-0.39, 0.29) is 5.91 Å². The summed E-state index contributed by atoms with van der Waals surface area (Å²) in [6.07, 6.45) is 6.17. The fourth-order valence-electron chi connectivity index (χ4n) is 4.00. The van der Waals surface area contributed by atoms with Crippen molar-refractivity contribution < 1.29 is 4.79 Å². The van der Waals surface area contributed by atoms with Crippen molar-refractivity contribution in [2.75, 3.05) is 5.32 Å². The molecule has 4 heterocycles. The molecule has 0 fully saturated rings. The highest BCUT2D eigenvalue weighted by atomic mass is 32.1. The smallest absolute Gasteiger partial charge is 0.277 e. The quantitative estimate of drug-likeness (QED) is 0.330. The number of hydrogen-bond donors (Lipinski definition) is 1. The summed E-state index contributed by atoms with van der Waals surface area (Å²) >= 11 is 1.41. The number of fused-ring (bicyclic) bond motifs is 1. The number of nitrogens with one attached hydrogen (secondary N) is 1. The summed E-state index contributed by atoms with van der Waals surface area (Å²) in [4.78, 5) is 26.8. The fourth-order valence-corrected chi connectivity index (χ4v) is 4.78. The van der Waals surface area contributed by atoms with E-state index in [0.29, 0.717) is 18.2 Å². The Morgan fingerprint density at radius 2 is 1.78 bits per heavy atom. The summed E-state index contributed by atoms with van der Waals surface area (Å²) in [5.74, 6) is 0.186. The number of amides is 1. The molecule has 6 aromatic rings. The zero-order chi connectivity index (χ0) is 24.3. The highest BCUT2D eigenvalue weighted by Gasteiger charge is 2.18.